The molecule has 1 heterocycles. The normalized spacial score (nSPS) is 24.7. The quantitative estimate of drug-likeness (QED) is 0.819. The van der Waals surface area contributed by atoms with Gasteiger partial charge in [0.05, 0.1) is 60.0 Å². The molecule has 1 saturated heterocycles. The zero-order valence-electron chi connectivity index (χ0n) is 15.0. The smallest absolute Gasteiger partial charge is 0.231 e. The van der Waals surface area contributed by atoms with Gasteiger partial charge in [0.1, 0.15) is 18.1 Å². The summed E-state index contributed by atoms with van der Waals surface area (Å²) in [4.78, 5) is 0. The summed E-state index contributed by atoms with van der Waals surface area (Å²) >= 11 is 0. The van der Waals surface area contributed by atoms with E-state index in [4.69, 9.17) is 33.2 Å². The van der Waals surface area contributed by atoms with E-state index in [1.807, 2.05) is 31.2 Å². The van der Waals surface area contributed by atoms with Crippen molar-refractivity contribution in [3.05, 3.63) is 24.3 Å². The van der Waals surface area contributed by atoms with Crippen molar-refractivity contribution in [2.75, 3.05) is 66.6 Å². The lowest BCUT2D eigenvalue weighted by atomic mass is 10.3. The summed E-state index contributed by atoms with van der Waals surface area (Å²) in [5.74, 6) is 0.522. The van der Waals surface area contributed by atoms with Crippen molar-refractivity contribution in [3.63, 3.8) is 0 Å². The van der Waals surface area contributed by atoms with Gasteiger partial charge in [-0.05, 0) is 24.3 Å². The highest BCUT2D eigenvalue weighted by Gasteiger charge is 2.28. The Morgan fingerprint density at radius 2 is 1.20 bits per heavy atom. The minimum absolute atomic E-state index is 0.277. The molecule has 0 aromatic heterocycles. The minimum Gasteiger partial charge on any atom is -0.497 e. The molecule has 142 valence electrons. The van der Waals surface area contributed by atoms with Gasteiger partial charge in [0.25, 0.3) is 0 Å². The molecule has 1 aliphatic rings. The molecule has 0 aliphatic carbocycles. The molecule has 25 heavy (non-hydrogen) atoms. The van der Waals surface area contributed by atoms with E-state index in [1.165, 1.54) is 0 Å². The summed E-state index contributed by atoms with van der Waals surface area (Å²) in [7, 11) is 1.63. The molecular formula is C18H28O7. The predicted molar refractivity (Wildman–Crippen MR) is 91.3 cm³/mol. The second-order valence-electron chi connectivity index (χ2n) is 5.65. The van der Waals surface area contributed by atoms with E-state index in [0.717, 1.165) is 5.75 Å². The van der Waals surface area contributed by atoms with Crippen molar-refractivity contribution in [3.8, 4) is 11.5 Å². The first kappa shape index (κ1) is 19.9. The van der Waals surface area contributed by atoms with Gasteiger partial charge in [0, 0.05) is 6.92 Å². The van der Waals surface area contributed by atoms with E-state index in [1.54, 1.807) is 7.11 Å². The maximum absolute atomic E-state index is 6.00. The third kappa shape index (κ3) is 8.02. The molecule has 0 radical (unpaired) electrons. The minimum atomic E-state index is -0.922. The number of hydrogen-bond donors (Lipinski definition) is 0. The first-order chi connectivity index (χ1) is 12.2. The molecule has 0 N–H and O–H groups in total. The fourth-order valence-electron chi connectivity index (χ4n) is 2.23. The summed E-state index contributed by atoms with van der Waals surface area (Å²) < 4.78 is 39.0. The van der Waals surface area contributed by atoms with E-state index in [9.17, 15) is 0 Å². The summed E-state index contributed by atoms with van der Waals surface area (Å²) in [6.07, 6.45) is 0. The average molecular weight is 356 g/mol. The molecule has 0 spiro atoms. The maximum Gasteiger partial charge on any atom is 0.231 e. The Labute approximate surface area is 149 Å². The van der Waals surface area contributed by atoms with E-state index in [2.05, 4.69) is 0 Å². The lowest BCUT2D eigenvalue weighted by molar-refractivity contribution is -0.209. The van der Waals surface area contributed by atoms with Crippen LogP contribution in [0.4, 0.5) is 0 Å². The number of benzene rings is 1. The molecule has 7 nitrogen and oxygen atoms in total. The first-order valence-electron chi connectivity index (χ1n) is 8.50. The van der Waals surface area contributed by atoms with E-state index < -0.39 is 5.79 Å². The van der Waals surface area contributed by atoms with Crippen LogP contribution in [0.1, 0.15) is 6.92 Å². The van der Waals surface area contributed by atoms with Gasteiger partial charge in [-0.25, -0.2) is 0 Å². The molecule has 0 amide bonds. The van der Waals surface area contributed by atoms with E-state index >= 15 is 0 Å². The largest absolute Gasteiger partial charge is 0.497 e. The average Bonchev–Trinajstić information content (AvgIpc) is 2.63. The van der Waals surface area contributed by atoms with Crippen LogP contribution in [0.3, 0.4) is 0 Å². The second-order valence-corrected chi connectivity index (χ2v) is 5.65. The van der Waals surface area contributed by atoms with Gasteiger partial charge in [0.15, 0.2) is 0 Å². The number of hydrogen-bond acceptors (Lipinski definition) is 7. The summed E-state index contributed by atoms with van der Waals surface area (Å²) in [6.45, 7) is 6.10. The third-order valence-electron chi connectivity index (χ3n) is 3.51. The number of methoxy groups -OCH3 is 1. The van der Waals surface area contributed by atoms with Gasteiger partial charge in [-0.1, -0.05) is 0 Å². The molecule has 1 aromatic carbocycles. The fourth-order valence-corrected chi connectivity index (χ4v) is 2.23. The lowest BCUT2D eigenvalue weighted by Gasteiger charge is -2.30. The molecule has 1 aromatic rings. The molecule has 2 rings (SSSR count). The van der Waals surface area contributed by atoms with Crippen LogP contribution in [-0.4, -0.2) is 72.4 Å². The van der Waals surface area contributed by atoms with Crippen LogP contribution >= 0.6 is 0 Å². The third-order valence-corrected chi connectivity index (χ3v) is 3.51. The van der Waals surface area contributed by atoms with Crippen LogP contribution in [0.5, 0.6) is 11.5 Å². The van der Waals surface area contributed by atoms with Crippen molar-refractivity contribution in [2.24, 2.45) is 0 Å². The van der Waals surface area contributed by atoms with Crippen molar-refractivity contribution >= 4 is 0 Å². The Kier molecular flexibility index (Phi) is 8.99. The highest BCUT2D eigenvalue weighted by atomic mass is 16.7. The lowest BCUT2D eigenvalue weighted by Crippen LogP contribution is -2.42. The Morgan fingerprint density at radius 1 is 0.720 bits per heavy atom. The van der Waals surface area contributed by atoms with Gasteiger partial charge in [0.2, 0.25) is 5.79 Å². The van der Waals surface area contributed by atoms with Crippen LogP contribution in [0.15, 0.2) is 24.3 Å². The van der Waals surface area contributed by atoms with Crippen molar-refractivity contribution in [1.29, 1.82) is 0 Å². The number of ether oxygens (including phenoxy) is 7. The van der Waals surface area contributed by atoms with Gasteiger partial charge in [-0.3, -0.25) is 0 Å². The van der Waals surface area contributed by atoms with Gasteiger partial charge in [-0.2, -0.15) is 0 Å². The van der Waals surface area contributed by atoms with Gasteiger partial charge < -0.3 is 33.2 Å². The van der Waals surface area contributed by atoms with E-state index in [0.29, 0.717) is 58.6 Å². The Balaban J connectivity index is 1.91. The zero-order valence-corrected chi connectivity index (χ0v) is 15.0. The van der Waals surface area contributed by atoms with Crippen LogP contribution in [-0.2, 0) is 23.7 Å². The van der Waals surface area contributed by atoms with Gasteiger partial charge in [-0.15, -0.1) is 0 Å². The summed E-state index contributed by atoms with van der Waals surface area (Å²) in [6, 6.07) is 7.34. The van der Waals surface area contributed by atoms with E-state index in [-0.39, 0.29) is 6.61 Å². The zero-order chi connectivity index (χ0) is 17.8. The standard InChI is InChI=1S/C18H28O7/c1-18(25-17-5-3-16(19-2)4-6-17)15-23-12-11-21-8-7-20-9-10-22-13-14-24-18/h3-6H,7-15H2,1-2H3. The van der Waals surface area contributed by atoms with Crippen LogP contribution < -0.4 is 9.47 Å². The monoisotopic (exact) mass is 356 g/mol. The van der Waals surface area contributed by atoms with Crippen molar-refractivity contribution in [2.45, 2.75) is 12.7 Å². The van der Waals surface area contributed by atoms with Crippen LogP contribution in [0.2, 0.25) is 0 Å². The molecule has 7 heteroatoms. The summed E-state index contributed by atoms with van der Waals surface area (Å²) in [5.41, 5.74) is 0. The highest BCUT2D eigenvalue weighted by molar-refractivity contribution is 5.31. The van der Waals surface area contributed by atoms with Crippen molar-refractivity contribution in [1.82, 2.24) is 0 Å². The topological polar surface area (TPSA) is 64.6 Å². The van der Waals surface area contributed by atoms with Crippen LogP contribution in [0, 0.1) is 0 Å². The molecule has 0 saturated carbocycles. The number of rotatable bonds is 3. The predicted octanol–water partition coefficient (Wildman–Crippen LogP) is 1.89. The first-order valence-corrected chi connectivity index (χ1v) is 8.50. The molecule has 1 atom stereocenters. The SMILES string of the molecule is COc1ccc(OC2(C)COCCOCCOCCOCCO2)cc1. The molecule has 1 unspecified atom stereocenters. The second kappa shape index (κ2) is 11.3. The molecular weight excluding hydrogens is 328 g/mol. The fraction of sp³-hybridized carbons (Fsp3) is 0.667. The molecule has 1 aliphatic heterocycles. The van der Waals surface area contributed by atoms with Crippen molar-refractivity contribution < 1.29 is 33.2 Å². The van der Waals surface area contributed by atoms with Gasteiger partial charge >= 0.3 is 0 Å². The highest BCUT2D eigenvalue weighted by Crippen LogP contribution is 2.23. The Bertz CT molecular complexity index is 447. The Morgan fingerprint density at radius 3 is 1.76 bits per heavy atom. The molecule has 1 fully saturated rings. The maximum atomic E-state index is 6.00. The Hall–Kier alpha value is -1.38. The van der Waals surface area contributed by atoms with Crippen LogP contribution in [0.25, 0.3) is 0 Å². The summed E-state index contributed by atoms with van der Waals surface area (Å²) in [5, 5.41) is 0. The molecule has 0 bridgehead atoms.